The Balaban J connectivity index is 1.94. The third kappa shape index (κ3) is 6.49. The van der Waals surface area contributed by atoms with Crippen molar-refractivity contribution in [3.05, 3.63) is 46.4 Å². The van der Waals surface area contributed by atoms with E-state index in [2.05, 4.69) is 31.8 Å². The quantitative estimate of drug-likeness (QED) is 0.337. The molecule has 0 aliphatic rings. The number of carbonyl (C=O) groups excluding carboxylic acids is 2. The van der Waals surface area contributed by atoms with E-state index in [0.717, 1.165) is 0 Å². The summed E-state index contributed by atoms with van der Waals surface area (Å²) in [5.41, 5.74) is 3.49. The molecule has 0 saturated heterocycles. The maximum absolute atomic E-state index is 12.0. The molecule has 2 aromatic rings. The van der Waals surface area contributed by atoms with E-state index in [4.69, 9.17) is 14.2 Å². The zero-order valence-electron chi connectivity index (χ0n) is 16.3. The van der Waals surface area contributed by atoms with E-state index in [1.165, 1.54) is 20.4 Å². The van der Waals surface area contributed by atoms with Gasteiger partial charge in [-0.15, -0.1) is 0 Å². The molecule has 2 aromatic carbocycles. The van der Waals surface area contributed by atoms with Crippen molar-refractivity contribution < 1.29 is 23.8 Å². The van der Waals surface area contributed by atoms with Crippen LogP contribution in [0.15, 0.2) is 46.0 Å². The van der Waals surface area contributed by atoms with Crippen LogP contribution in [-0.2, 0) is 9.59 Å². The molecule has 2 amide bonds. The van der Waals surface area contributed by atoms with Gasteiger partial charge in [0.2, 0.25) is 11.8 Å². The lowest BCUT2D eigenvalue weighted by Gasteiger charge is -2.12. The number of anilines is 1. The summed E-state index contributed by atoms with van der Waals surface area (Å²) < 4.78 is 16.7. The largest absolute Gasteiger partial charge is 0.495 e. The average molecular weight is 464 g/mol. The van der Waals surface area contributed by atoms with Gasteiger partial charge in [-0.25, -0.2) is 5.43 Å². The molecule has 0 heterocycles. The first-order valence-electron chi connectivity index (χ1n) is 8.73. The highest BCUT2D eigenvalue weighted by Gasteiger charge is 2.12. The molecule has 0 unspecified atom stereocenters. The van der Waals surface area contributed by atoms with Gasteiger partial charge in [0.25, 0.3) is 0 Å². The number of hydrogen-bond acceptors (Lipinski definition) is 6. The number of amides is 2. The molecule has 0 atom stereocenters. The molecule has 9 heteroatoms. The normalized spacial score (nSPS) is 10.5. The summed E-state index contributed by atoms with van der Waals surface area (Å²) in [6.45, 7) is 2.37. The van der Waals surface area contributed by atoms with Crippen molar-refractivity contribution in [1.82, 2.24) is 5.43 Å². The number of para-hydroxylation sites is 2. The smallest absolute Gasteiger partial charge is 0.249 e. The van der Waals surface area contributed by atoms with Crippen molar-refractivity contribution in [2.24, 2.45) is 5.10 Å². The number of nitrogens with one attached hydrogen (secondary N) is 2. The van der Waals surface area contributed by atoms with E-state index in [0.29, 0.717) is 39.6 Å². The summed E-state index contributed by atoms with van der Waals surface area (Å²) in [4.78, 5) is 24.0. The maximum Gasteiger partial charge on any atom is 0.249 e. The van der Waals surface area contributed by atoms with E-state index in [1.807, 2.05) is 6.92 Å². The summed E-state index contributed by atoms with van der Waals surface area (Å²) >= 11 is 3.42. The minimum Gasteiger partial charge on any atom is -0.495 e. The second-order valence-electron chi connectivity index (χ2n) is 5.69. The SMILES string of the molecule is CCOc1c(Br)cc(C=NNC(=O)CC(=O)Nc2ccccc2OC)cc1OC. The molecule has 0 aliphatic carbocycles. The fourth-order valence-corrected chi connectivity index (χ4v) is 2.98. The molecule has 0 spiro atoms. The van der Waals surface area contributed by atoms with Crippen molar-refractivity contribution >= 4 is 39.6 Å². The molecule has 29 heavy (non-hydrogen) atoms. The predicted octanol–water partition coefficient (Wildman–Crippen LogP) is 3.34. The summed E-state index contributed by atoms with van der Waals surface area (Å²) in [6.07, 6.45) is 1.06. The number of methoxy groups -OCH3 is 2. The molecule has 0 saturated carbocycles. The van der Waals surface area contributed by atoms with Crippen molar-refractivity contribution in [2.75, 3.05) is 26.1 Å². The molecule has 0 bridgehead atoms. The summed E-state index contributed by atoms with van der Waals surface area (Å²) in [6, 6.07) is 10.4. The van der Waals surface area contributed by atoms with Crippen LogP contribution in [0.25, 0.3) is 0 Å². The number of ether oxygens (including phenoxy) is 3. The Morgan fingerprint density at radius 3 is 2.52 bits per heavy atom. The standard InChI is InChI=1S/C20H22BrN3O5/c1-4-29-20-14(21)9-13(10-17(20)28-3)12-22-24-19(26)11-18(25)23-15-7-5-6-8-16(15)27-2/h5-10,12H,4,11H2,1-3H3,(H,23,25)(H,24,26). The Kier molecular flexibility index (Phi) is 8.47. The van der Waals surface area contributed by atoms with Gasteiger partial charge >= 0.3 is 0 Å². The molecule has 8 nitrogen and oxygen atoms in total. The number of carbonyl (C=O) groups is 2. The Labute approximate surface area is 177 Å². The van der Waals surface area contributed by atoms with Crippen molar-refractivity contribution in [3.8, 4) is 17.2 Å². The van der Waals surface area contributed by atoms with Crippen molar-refractivity contribution in [3.63, 3.8) is 0 Å². The average Bonchev–Trinajstić information content (AvgIpc) is 2.70. The molecule has 0 aliphatic heterocycles. The Morgan fingerprint density at radius 2 is 1.83 bits per heavy atom. The van der Waals surface area contributed by atoms with Crippen LogP contribution >= 0.6 is 15.9 Å². The molecule has 0 fully saturated rings. The van der Waals surface area contributed by atoms with Gasteiger partial charge in [-0.2, -0.15) is 5.10 Å². The molecular weight excluding hydrogens is 442 g/mol. The van der Waals surface area contributed by atoms with E-state index in [9.17, 15) is 9.59 Å². The number of hydrogen-bond donors (Lipinski definition) is 2. The number of nitrogens with zero attached hydrogens (tertiary/aromatic N) is 1. The number of rotatable bonds is 9. The zero-order valence-corrected chi connectivity index (χ0v) is 17.9. The molecule has 0 aromatic heterocycles. The lowest BCUT2D eigenvalue weighted by Crippen LogP contribution is -2.24. The molecule has 2 rings (SSSR count). The van der Waals surface area contributed by atoms with Gasteiger partial charge in [-0.3, -0.25) is 9.59 Å². The number of hydrazone groups is 1. The number of benzene rings is 2. The van der Waals surface area contributed by atoms with Gasteiger partial charge in [0, 0.05) is 0 Å². The lowest BCUT2D eigenvalue weighted by molar-refractivity contribution is -0.126. The van der Waals surface area contributed by atoms with Gasteiger partial charge in [0.15, 0.2) is 11.5 Å². The van der Waals surface area contributed by atoms with Crippen molar-refractivity contribution in [1.29, 1.82) is 0 Å². The van der Waals surface area contributed by atoms with Gasteiger partial charge in [0.05, 0.1) is 37.2 Å². The topological polar surface area (TPSA) is 98.2 Å². The minimum absolute atomic E-state index is 0.383. The Hall–Kier alpha value is -3.07. The van der Waals surface area contributed by atoms with Gasteiger partial charge in [0.1, 0.15) is 12.2 Å². The monoisotopic (exact) mass is 463 g/mol. The second-order valence-corrected chi connectivity index (χ2v) is 6.54. The first kappa shape index (κ1) is 22.2. The lowest BCUT2D eigenvalue weighted by atomic mass is 10.2. The van der Waals surface area contributed by atoms with Gasteiger partial charge in [-0.1, -0.05) is 12.1 Å². The molecule has 2 N–H and O–H groups in total. The van der Waals surface area contributed by atoms with Crippen LogP contribution in [0.5, 0.6) is 17.2 Å². The fourth-order valence-electron chi connectivity index (χ4n) is 2.41. The van der Waals surface area contributed by atoms with Crippen LogP contribution in [0.1, 0.15) is 18.9 Å². The molecule has 154 valence electrons. The summed E-state index contributed by atoms with van der Waals surface area (Å²) in [5, 5.41) is 6.51. The van der Waals surface area contributed by atoms with Gasteiger partial charge in [-0.05, 0) is 52.7 Å². The van der Waals surface area contributed by atoms with Crippen LogP contribution in [0.3, 0.4) is 0 Å². The highest BCUT2D eigenvalue weighted by molar-refractivity contribution is 9.10. The van der Waals surface area contributed by atoms with E-state index < -0.39 is 11.8 Å². The highest BCUT2D eigenvalue weighted by atomic mass is 79.9. The van der Waals surface area contributed by atoms with Crippen LogP contribution in [0.4, 0.5) is 5.69 Å². The first-order valence-corrected chi connectivity index (χ1v) is 9.52. The summed E-state index contributed by atoms with van der Waals surface area (Å²) in [5.74, 6) is 0.599. The van der Waals surface area contributed by atoms with Crippen LogP contribution < -0.4 is 25.0 Å². The Morgan fingerprint density at radius 1 is 1.10 bits per heavy atom. The first-order chi connectivity index (χ1) is 14.0. The van der Waals surface area contributed by atoms with Crippen LogP contribution in [-0.4, -0.2) is 38.9 Å². The zero-order chi connectivity index (χ0) is 21.2. The number of halogens is 1. The summed E-state index contributed by atoms with van der Waals surface area (Å²) in [7, 11) is 3.04. The Bertz CT molecular complexity index is 902. The van der Waals surface area contributed by atoms with E-state index in [-0.39, 0.29) is 6.42 Å². The predicted molar refractivity (Wildman–Crippen MR) is 114 cm³/mol. The molecule has 0 radical (unpaired) electrons. The third-order valence-corrected chi connectivity index (χ3v) is 4.23. The fraction of sp³-hybridized carbons (Fsp3) is 0.250. The molecular formula is C20H22BrN3O5. The van der Waals surface area contributed by atoms with Gasteiger partial charge < -0.3 is 19.5 Å². The highest BCUT2D eigenvalue weighted by Crippen LogP contribution is 2.36. The second kappa shape index (κ2) is 11.1. The van der Waals surface area contributed by atoms with Crippen molar-refractivity contribution in [2.45, 2.75) is 13.3 Å². The maximum atomic E-state index is 12.0. The minimum atomic E-state index is -0.550. The van der Waals surface area contributed by atoms with Crippen LogP contribution in [0, 0.1) is 0 Å². The third-order valence-electron chi connectivity index (χ3n) is 3.65. The van der Waals surface area contributed by atoms with Crippen LogP contribution in [0.2, 0.25) is 0 Å². The van der Waals surface area contributed by atoms with E-state index >= 15 is 0 Å². The van der Waals surface area contributed by atoms with E-state index in [1.54, 1.807) is 36.4 Å².